The number of carbonyl (C=O) groups is 1. The van der Waals surface area contributed by atoms with Crippen molar-refractivity contribution in [3.63, 3.8) is 0 Å². The number of aliphatic carboxylic acids is 1. The molecule has 2 N–H and O–H groups in total. The summed E-state index contributed by atoms with van der Waals surface area (Å²) in [5.74, 6) is -0.808. The smallest absolute Gasteiger partial charge is 0.303 e. The Hall–Kier alpha value is -0.570. The van der Waals surface area contributed by atoms with E-state index in [0.717, 1.165) is 25.7 Å². The molecule has 0 aromatic rings. The quantitative estimate of drug-likeness (QED) is 0.662. The third-order valence-electron chi connectivity index (χ3n) is 2.84. The molecule has 0 unspecified atom stereocenters. The highest BCUT2D eigenvalue weighted by atomic mass is 16.4. The van der Waals surface area contributed by atoms with Gasteiger partial charge in [-0.2, -0.15) is 0 Å². The lowest BCUT2D eigenvalue weighted by Crippen LogP contribution is -2.28. The second-order valence-electron chi connectivity index (χ2n) is 4.03. The van der Waals surface area contributed by atoms with Crippen molar-refractivity contribution >= 4 is 5.97 Å². The molecule has 0 atom stereocenters. The summed E-state index contributed by atoms with van der Waals surface area (Å²) >= 11 is 0. The van der Waals surface area contributed by atoms with E-state index in [1.54, 1.807) is 0 Å². The second-order valence-corrected chi connectivity index (χ2v) is 4.03. The number of rotatable bonds is 3. The average Bonchev–Trinajstić information content (AvgIpc) is 2.28. The van der Waals surface area contributed by atoms with Gasteiger partial charge in [0.15, 0.2) is 0 Å². The molecular weight excluding hydrogens is 168 g/mol. The lowest BCUT2D eigenvalue weighted by Gasteiger charge is -2.25. The number of carboxylic acids is 1. The summed E-state index contributed by atoms with van der Waals surface area (Å²) in [6.07, 6.45) is 6.50. The minimum Gasteiger partial charge on any atom is -0.481 e. The third kappa shape index (κ3) is 3.77. The van der Waals surface area contributed by atoms with Crippen molar-refractivity contribution in [1.29, 1.82) is 0 Å². The Morgan fingerprint density at radius 1 is 1.15 bits per heavy atom. The highest BCUT2D eigenvalue weighted by Gasteiger charge is 2.28. The topological polar surface area (TPSA) is 57.5 Å². The molecule has 1 saturated carbocycles. The fourth-order valence-electron chi connectivity index (χ4n) is 1.98. The van der Waals surface area contributed by atoms with Gasteiger partial charge >= 0.3 is 5.97 Å². The fraction of sp³-hybridized carbons (Fsp3) is 0.900. The zero-order valence-electron chi connectivity index (χ0n) is 7.96. The first-order valence-electron chi connectivity index (χ1n) is 5.07. The van der Waals surface area contributed by atoms with E-state index in [1.807, 2.05) is 0 Å². The summed E-state index contributed by atoms with van der Waals surface area (Å²) in [4.78, 5) is 10.4. The molecule has 0 radical (unpaired) electrons. The lowest BCUT2D eigenvalue weighted by atomic mass is 9.89. The van der Waals surface area contributed by atoms with E-state index in [2.05, 4.69) is 0 Å². The van der Waals surface area contributed by atoms with Gasteiger partial charge < -0.3 is 10.2 Å². The van der Waals surface area contributed by atoms with Gasteiger partial charge in [-0.25, -0.2) is 0 Å². The summed E-state index contributed by atoms with van der Waals surface area (Å²) in [5, 5.41) is 18.6. The molecule has 0 heterocycles. The predicted molar refractivity (Wildman–Crippen MR) is 49.5 cm³/mol. The van der Waals surface area contributed by atoms with Crippen LogP contribution in [0.5, 0.6) is 0 Å². The maximum absolute atomic E-state index is 10.4. The van der Waals surface area contributed by atoms with E-state index in [1.165, 1.54) is 12.8 Å². The zero-order valence-corrected chi connectivity index (χ0v) is 7.96. The molecule has 0 saturated heterocycles. The second kappa shape index (κ2) is 4.61. The Kier molecular flexibility index (Phi) is 3.72. The van der Waals surface area contributed by atoms with Crippen molar-refractivity contribution in [2.45, 2.75) is 57.0 Å². The first-order chi connectivity index (χ1) is 6.12. The molecule has 1 aliphatic carbocycles. The standard InChI is InChI=1S/C10H18O3/c11-9(12)5-8-10(13)6-3-1-2-4-7-10/h13H,1-8H2,(H,11,12). The Labute approximate surface area is 78.8 Å². The van der Waals surface area contributed by atoms with Gasteiger partial charge in [-0.05, 0) is 19.3 Å². The predicted octanol–water partition coefficient (Wildman–Crippen LogP) is 1.94. The average molecular weight is 186 g/mol. The maximum atomic E-state index is 10.4. The molecule has 1 aliphatic rings. The van der Waals surface area contributed by atoms with Crippen LogP contribution < -0.4 is 0 Å². The first-order valence-corrected chi connectivity index (χ1v) is 5.07. The van der Waals surface area contributed by atoms with Crippen molar-refractivity contribution in [2.75, 3.05) is 0 Å². The van der Waals surface area contributed by atoms with E-state index >= 15 is 0 Å². The number of aliphatic hydroxyl groups is 1. The normalized spacial score (nSPS) is 22.2. The number of hydrogen-bond donors (Lipinski definition) is 2. The van der Waals surface area contributed by atoms with Crippen LogP contribution in [0.15, 0.2) is 0 Å². The lowest BCUT2D eigenvalue weighted by molar-refractivity contribution is -0.138. The Morgan fingerprint density at radius 2 is 1.69 bits per heavy atom. The molecule has 0 aromatic heterocycles. The van der Waals surface area contributed by atoms with E-state index in [4.69, 9.17) is 5.11 Å². The third-order valence-corrected chi connectivity index (χ3v) is 2.84. The van der Waals surface area contributed by atoms with Gasteiger partial charge in [-0.1, -0.05) is 25.7 Å². The van der Waals surface area contributed by atoms with Crippen LogP contribution in [0, 0.1) is 0 Å². The molecule has 1 rings (SSSR count). The maximum Gasteiger partial charge on any atom is 0.303 e. The van der Waals surface area contributed by atoms with Crippen LogP contribution in [0.3, 0.4) is 0 Å². The Morgan fingerprint density at radius 3 is 2.15 bits per heavy atom. The molecule has 1 fully saturated rings. The number of carboxylic acid groups (broad SMARTS) is 1. The van der Waals surface area contributed by atoms with E-state index in [-0.39, 0.29) is 6.42 Å². The molecule has 0 aliphatic heterocycles. The molecule has 0 amide bonds. The zero-order chi connectivity index (χ0) is 9.73. The molecule has 3 nitrogen and oxygen atoms in total. The summed E-state index contributed by atoms with van der Waals surface area (Å²) in [7, 11) is 0. The van der Waals surface area contributed by atoms with Crippen LogP contribution in [0.1, 0.15) is 51.4 Å². The largest absolute Gasteiger partial charge is 0.481 e. The summed E-state index contributed by atoms with van der Waals surface area (Å²) in [5.41, 5.74) is -0.686. The van der Waals surface area contributed by atoms with Crippen molar-refractivity contribution in [3.8, 4) is 0 Å². The monoisotopic (exact) mass is 186 g/mol. The highest BCUT2D eigenvalue weighted by Crippen LogP contribution is 2.30. The summed E-state index contributed by atoms with van der Waals surface area (Å²) in [6.45, 7) is 0. The van der Waals surface area contributed by atoms with Crippen molar-refractivity contribution in [2.24, 2.45) is 0 Å². The minimum atomic E-state index is -0.808. The van der Waals surface area contributed by atoms with Gasteiger partial charge in [0.25, 0.3) is 0 Å². The molecule has 76 valence electrons. The van der Waals surface area contributed by atoms with E-state index < -0.39 is 11.6 Å². The van der Waals surface area contributed by atoms with Gasteiger partial charge in [-0.15, -0.1) is 0 Å². The van der Waals surface area contributed by atoms with E-state index in [0.29, 0.717) is 6.42 Å². The fourth-order valence-corrected chi connectivity index (χ4v) is 1.98. The van der Waals surface area contributed by atoms with Gasteiger partial charge in [0.05, 0.1) is 5.60 Å². The van der Waals surface area contributed by atoms with Crippen molar-refractivity contribution < 1.29 is 15.0 Å². The molecule has 0 spiro atoms. The van der Waals surface area contributed by atoms with Crippen LogP contribution in [0.2, 0.25) is 0 Å². The summed E-state index contributed by atoms with van der Waals surface area (Å²) < 4.78 is 0. The molecular formula is C10H18O3. The van der Waals surface area contributed by atoms with Gasteiger partial charge in [0, 0.05) is 6.42 Å². The highest BCUT2D eigenvalue weighted by molar-refractivity contribution is 5.66. The van der Waals surface area contributed by atoms with Crippen molar-refractivity contribution in [3.05, 3.63) is 0 Å². The SMILES string of the molecule is O=C(O)CCC1(O)CCCCCC1. The Bertz CT molecular complexity index is 169. The van der Waals surface area contributed by atoms with Gasteiger partial charge in [0.2, 0.25) is 0 Å². The van der Waals surface area contributed by atoms with Crippen LogP contribution in [0.25, 0.3) is 0 Å². The van der Waals surface area contributed by atoms with Crippen LogP contribution in [-0.2, 0) is 4.79 Å². The number of hydrogen-bond acceptors (Lipinski definition) is 2. The molecule has 0 aromatic carbocycles. The molecule has 13 heavy (non-hydrogen) atoms. The van der Waals surface area contributed by atoms with Gasteiger partial charge in [0.1, 0.15) is 0 Å². The van der Waals surface area contributed by atoms with E-state index in [9.17, 15) is 9.90 Å². The first kappa shape index (κ1) is 10.5. The van der Waals surface area contributed by atoms with Crippen LogP contribution >= 0.6 is 0 Å². The molecule has 0 bridgehead atoms. The van der Waals surface area contributed by atoms with Crippen LogP contribution in [0.4, 0.5) is 0 Å². The Balaban J connectivity index is 2.37. The van der Waals surface area contributed by atoms with Gasteiger partial charge in [-0.3, -0.25) is 4.79 Å². The minimum absolute atomic E-state index is 0.0937. The van der Waals surface area contributed by atoms with Crippen molar-refractivity contribution in [1.82, 2.24) is 0 Å². The van der Waals surface area contributed by atoms with Crippen LogP contribution in [-0.4, -0.2) is 21.8 Å². The summed E-state index contributed by atoms with van der Waals surface area (Å²) in [6, 6.07) is 0. The molecule has 3 heteroatoms.